The zero-order valence-electron chi connectivity index (χ0n) is 12.8. The van der Waals surface area contributed by atoms with Crippen molar-refractivity contribution in [1.82, 2.24) is 10.2 Å². The molecular weight excluding hydrogens is 262 g/mol. The Labute approximate surface area is 127 Å². The Morgan fingerprint density at radius 3 is 2.29 bits per heavy atom. The van der Waals surface area contributed by atoms with Crippen LogP contribution in [0.3, 0.4) is 0 Å². The fourth-order valence-electron chi connectivity index (χ4n) is 3.26. The van der Waals surface area contributed by atoms with Gasteiger partial charge in [-0.2, -0.15) is 0 Å². The third-order valence-corrected chi connectivity index (χ3v) is 4.65. The van der Waals surface area contributed by atoms with Crippen molar-refractivity contribution in [2.75, 3.05) is 31.1 Å². The maximum atomic E-state index is 12.2. The van der Waals surface area contributed by atoms with Gasteiger partial charge in [-0.15, -0.1) is 0 Å². The first-order valence-electron chi connectivity index (χ1n) is 8.09. The third-order valence-electron chi connectivity index (χ3n) is 4.65. The van der Waals surface area contributed by atoms with E-state index in [4.69, 9.17) is 0 Å². The van der Waals surface area contributed by atoms with Crippen LogP contribution in [0.4, 0.5) is 10.5 Å². The van der Waals surface area contributed by atoms with E-state index in [1.165, 1.54) is 24.1 Å². The Morgan fingerprint density at radius 1 is 1.05 bits per heavy atom. The molecule has 2 amide bonds. The second-order valence-corrected chi connectivity index (χ2v) is 6.24. The second-order valence-electron chi connectivity index (χ2n) is 6.24. The number of nitrogens with one attached hydrogen (secondary N) is 1. The first-order chi connectivity index (χ1) is 10.2. The summed E-state index contributed by atoms with van der Waals surface area (Å²) in [5.74, 6) is 0. The van der Waals surface area contributed by atoms with E-state index < -0.39 is 0 Å². The smallest absolute Gasteiger partial charge is 0.317 e. The number of piperazine rings is 1. The molecule has 1 aromatic carbocycles. The molecule has 2 fully saturated rings. The summed E-state index contributed by atoms with van der Waals surface area (Å²) in [6.07, 6.45) is 4.81. The SMILES string of the molecule is Cc1ccc(N2CCN(C(=O)NC3CCCC3)CC2)cc1. The summed E-state index contributed by atoms with van der Waals surface area (Å²) in [7, 11) is 0. The van der Waals surface area contributed by atoms with Crippen molar-refractivity contribution in [3.63, 3.8) is 0 Å². The van der Waals surface area contributed by atoms with Crippen molar-refractivity contribution >= 4 is 11.7 Å². The lowest BCUT2D eigenvalue weighted by atomic mass is 10.2. The minimum absolute atomic E-state index is 0.130. The van der Waals surface area contributed by atoms with Crippen LogP contribution < -0.4 is 10.2 Å². The Kier molecular flexibility index (Phi) is 4.32. The highest BCUT2D eigenvalue weighted by Crippen LogP contribution is 2.19. The maximum Gasteiger partial charge on any atom is 0.317 e. The van der Waals surface area contributed by atoms with Gasteiger partial charge in [0, 0.05) is 37.9 Å². The van der Waals surface area contributed by atoms with Gasteiger partial charge in [0.2, 0.25) is 0 Å². The van der Waals surface area contributed by atoms with Gasteiger partial charge in [-0.3, -0.25) is 0 Å². The molecule has 1 heterocycles. The zero-order chi connectivity index (χ0) is 14.7. The number of anilines is 1. The maximum absolute atomic E-state index is 12.2. The Balaban J connectivity index is 1.50. The van der Waals surface area contributed by atoms with Gasteiger partial charge in [-0.1, -0.05) is 30.5 Å². The van der Waals surface area contributed by atoms with Crippen molar-refractivity contribution in [3.8, 4) is 0 Å². The highest BCUT2D eigenvalue weighted by atomic mass is 16.2. The summed E-state index contributed by atoms with van der Waals surface area (Å²) in [6, 6.07) is 9.18. The van der Waals surface area contributed by atoms with Crippen molar-refractivity contribution in [3.05, 3.63) is 29.8 Å². The average Bonchev–Trinajstić information content (AvgIpc) is 3.01. The molecule has 0 atom stereocenters. The van der Waals surface area contributed by atoms with E-state index >= 15 is 0 Å². The Hall–Kier alpha value is -1.71. The molecule has 114 valence electrons. The lowest BCUT2D eigenvalue weighted by Gasteiger charge is -2.36. The van der Waals surface area contributed by atoms with Crippen LogP contribution in [-0.2, 0) is 0 Å². The molecule has 1 aliphatic carbocycles. The Morgan fingerprint density at radius 2 is 1.67 bits per heavy atom. The number of amides is 2. The monoisotopic (exact) mass is 287 g/mol. The predicted octanol–water partition coefficient (Wildman–Crippen LogP) is 2.77. The van der Waals surface area contributed by atoms with Gasteiger partial charge >= 0.3 is 6.03 Å². The van der Waals surface area contributed by atoms with Crippen LogP contribution in [0.25, 0.3) is 0 Å². The molecule has 1 saturated heterocycles. The molecule has 2 aliphatic rings. The van der Waals surface area contributed by atoms with Gasteiger partial charge in [0.15, 0.2) is 0 Å². The van der Waals surface area contributed by atoms with Crippen LogP contribution in [0.2, 0.25) is 0 Å². The van der Waals surface area contributed by atoms with Crippen LogP contribution >= 0.6 is 0 Å². The number of nitrogens with zero attached hydrogens (tertiary/aromatic N) is 2. The summed E-state index contributed by atoms with van der Waals surface area (Å²) in [5.41, 5.74) is 2.55. The molecule has 0 radical (unpaired) electrons. The van der Waals surface area contributed by atoms with Crippen molar-refractivity contribution in [1.29, 1.82) is 0 Å². The highest BCUT2D eigenvalue weighted by Gasteiger charge is 2.24. The number of hydrogen-bond acceptors (Lipinski definition) is 2. The summed E-state index contributed by atoms with van der Waals surface area (Å²) in [5, 5.41) is 3.18. The van der Waals surface area contributed by atoms with Crippen molar-refractivity contribution in [2.45, 2.75) is 38.6 Å². The lowest BCUT2D eigenvalue weighted by Crippen LogP contribution is -2.53. The minimum atomic E-state index is 0.130. The zero-order valence-corrected chi connectivity index (χ0v) is 12.8. The van der Waals surface area contributed by atoms with Crippen LogP contribution in [0, 0.1) is 6.92 Å². The van der Waals surface area contributed by atoms with E-state index in [1.54, 1.807) is 0 Å². The molecule has 0 unspecified atom stereocenters. The number of rotatable bonds is 2. The fourth-order valence-corrected chi connectivity index (χ4v) is 3.26. The molecule has 0 aromatic heterocycles. The highest BCUT2D eigenvalue weighted by molar-refractivity contribution is 5.75. The predicted molar refractivity (Wildman–Crippen MR) is 85.8 cm³/mol. The summed E-state index contributed by atoms with van der Waals surface area (Å²) < 4.78 is 0. The first-order valence-corrected chi connectivity index (χ1v) is 8.09. The molecule has 21 heavy (non-hydrogen) atoms. The van der Waals surface area contributed by atoms with Crippen LogP contribution in [0.5, 0.6) is 0 Å². The topological polar surface area (TPSA) is 35.6 Å². The minimum Gasteiger partial charge on any atom is -0.368 e. The molecule has 0 bridgehead atoms. The molecule has 0 spiro atoms. The molecule has 1 saturated carbocycles. The molecule has 4 heteroatoms. The second kappa shape index (κ2) is 6.37. The van der Waals surface area contributed by atoms with E-state index in [1.807, 2.05) is 4.90 Å². The summed E-state index contributed by atoms with van der Waals surface area (Å²) in [6.45, 7) is 5.57. The fraction of sp³-hybridized carbons (Fsp3) is 0.588. The number of carbonyl (C=O) groups excluding carboxylic acids is 1. The van der Waals surface area contributed by atoms with Gasteiger partial charge < -0.3 is 15.1 Å². The van der Waals surface area contributed by atoms with Gasteiger partial charge in [0.1, 0.15) is 0 Å². The van der Waals surface area contributed by atoms with Gasteiger partial charge in [0.05, 0.1) is 0 Å². The van der Waals surface area contributed by atoms with Crippen molar-refractivity contribution < 1.29 is 4.79 Å². The first kappa shape index (κ1) is 14.2. The molecular formula is C17H25N3O. The molecule has 1 aliphatic heterocycles. The van der Waals surface area contributed by atoms with Crippen molar-refractivity contribution in [2.24, 2.45) is 0 Å². The largest absolute Gasteiger partial charge is 0.368 e. The average molecular weight is 287 g/mol. The number of benzene rings is 1. The van der Waals surface area contributed by atoms with E-state index in [0.29, 0.717) is 6.04 Å². The van der Waals surface area contributed by atoms with Crippen LogP contribution in [-0.4, -0.2) is 43.2 Å². The van der Waals surface area contributed by atoms with Crippen LogP contribution in [0.15, 0.2) is 24.3 Å². The lowest BCUT2D eigenvalue weighted by molar-refractivity contribution is 0.190. The van der Waals surface area contributed by atoms with Gasteiger partial charge in [-0.25, -0.2) is 4.79 Å². The number of carbonyl (C=O) groups is 1. The van der Waals surface area contributed by atoms with E-state index in [2.05, 4.69) is 41.4 Å². The number of aryl methyl sites for hydroxylation is 1. The molecule has 3 rings (SSSR count). The number of hydrogen-bond donors (Lipinski definition) is 1. The van der Waals surface area contributed by atoms with E-state index in [0.717, 1.165) is 39.0 Å². The van der Waals surface area contributed by atoms with E-state index in [-0.39, 0.29) is 6.03 Å². The molecule has 1 aromatic rings. The summed E-state index contributed by atoms with van der Waals surface area (Å²) in [4.78, 5) is 16.6. The standard InChI is InChI=1S/C17H25N3O/c1-14-6-8-16(9-7-14)19-10-12-20(13-11-19)17(21)18-15-4-2-3-5-15/h6-9,15H,2-5,10-13H2,1H3,(H,18,21). The molecule has 1 N–H and O–H groups in total. The van der Waals surface area contributed by atoms with E-state index in [9.17, 15) is 4.79 Å². The van der Waals surface area contributed by atoms with Gasteiger partial charge in [0.25, 0.3) is 0 Å². The Bertz CT molecular complexity index is 471. The summed E-state index contributed by atoms with van der Waals surface area (Å²) >= 11 is 0. The number of urea groups is 1. The van der Waals surface area contributed by atoms with Crippen LogP contribution in [0.1, 0.15) is 31.2 Å². The third kappa shape index (κ3) is 3.49. The molecule has 4 nitrogen and oxygen atoms in total. The quantitative estimate of drug-likeness (QED) is 0.908. The normalized spacial score (nSPS) is 19.9. The van der Waals surface area contributed by atoms with Gasteiger partial charge in [-0.05, 0) is 31.9 Å².